The fourth-order valence-corrected chi connectivity index (χ4v) is 2.50. The van der Waals surface area contributed by atoms with Crippen molar-refractivity contribution in [3.8, 4) is 0 Å². The van der Waals surface area contributed by atoms with Crippen LogP contribution in [0.2, 0.25) is 0 Å². The van der Waals surface area contributed by atoms with Crippen LogP contribution in [0.5, 0.6) is 0 Å². The summed E-state index contributed by atoms with van der Waals surface area (Å²) in [6.07, 6.45) is 2.15. The highest BCUT2D eigenvalue weighted by atomic mass is 16.5. The highest BCUT2D eigenvalue weighted by Crippen LogP contribution is 2.09. The second kappa shape index (κ2) is 7.26. The third-order valence-corrected chi connectivity index (χ3v) is 3.73. The van der Waals surface area contributed by atoms with Gasteiger partial charge in [0, 0.05) is 19.6 Å². The SMILES string of the molecule is O=C(O)C1CN(C(=O)NCC(=O)N2CCCCC2)CCO1. The van der Waals surface area contributed by atoms with Gasteiger partial charge in [-0.25, -0.2) is 9.59 Å². The summed E-state index contributed by atoms with van der Waals surface area (Å²) in [5, 5.41) is 11.4. The van der Waals surface area contributed by atoms with Gasteiger partial charge in [0.1, 0.15) is 0 Å². The van der Waals surface area contributed by atoms with Crippen LogP contribution in [0.25, 0.3) is 0 Å². The van der Waals surface area contributed by atoms with Crippen LogP contribution in [0, 0.1) is 0 Å². The average molecular weight is 299 g/mol. The number of urea groups is 1. The molecule has 0 spiro atoms. The highest BCUT2D eigenvalue weighted by molar-refractivity contribution is 5.84. The zero-order chi connectivity index (χ0) is 15.2. The smallest absolute Gasteiger partial charge is 0.334 e. The van der Waals surface area contributed by atoms with E-state index in [1.807, 2.05) is 0 Å². The van der Waals surface area contributed by atoms with Crippen molar-refractivity contribution in [2.45, 2.75) is 25.4 Å². The van der Waals surface area contributed by atoms with Gasteiger partial charge in [0.05, 0.1) is 19.7 Å². The number of carbonyl (C=O) groups excluding carboxylic acids is 2. The van der Waals surface area contributed by atoms with E-state index < -0.39 is 18.1 Å². The minimum atomic E-state index is -1.09. The molecule has 0 aromatic carbocycles. The maximum Gasteiger partial charge on any atom is 0.334 e. The second-order valence-corrected chi connectivity index (χ2v) is 5.24. The molecule has 0 saturated carbocycles. The minimum Gasteiger partial charge on any atom is -0.479 e. The molecule has 2 aliphatic rings. The standard InChI is InChI=1S/C13H21N3O5/c17-11(15-4-2-1-3-5-15)8-14-13(20)16-6-7-21-10(9-16)12(18)19/h10H,1-9H2,(H,14,20)(H,18,19). The van der Waals surface area contributed by atoms with Crippen molar-refractivity contribution < 1.29 is 24.2 Å². The molecule has 21 heavy (non-hydrogen) atoms. The molecule has 2 fully saturated rings. The average Bonchev–Trinajstić information content (AvgIpc) is 2.53. The van der Waals surface area contributed by atoms with Gasteiger partial charge in [0.25, 0.3) is 0 Å². The van der Waals surface area contributed by atoms with E-state index in [0.717, 1.165) is 32.4 Å². The molecule has 0 aromatic rings. The Balaban J connectivity index is 1.75. The van der Waals surface area contributed by atoms with Crippen LogP contribution in [0.1, 0.15) is 19.3 Å². The van der Waals surface area contributed by atoms with E-state index in [2.05, 4.69) is 5.32 Å². The Labute approximate surface area is 123 Å². The van der Waals surface area contributed by atoms with Gasteiger partial charge < -0.3 is 25.0 Å². The van der Waals surface area contributed by atoms with E-state index in [1.54, 1.807) is 4.90 Å². The van der Waals surface area contributed by atoms with Crippen LogP contribution in [-0.4, -0.2) is 78.2 Å². The Hall–Kier alpha value is -1.83. The van der Waals surface area contributed by atoms with Crippen molar-refractivity contribution in [1.82, 2.24) is 15.1 Å². The number of amides is 3. The van der Waals surface area contributed by atoms with E-state index in [0.29, 0.717) is 6.54 Å². The quantitative estimate of drug-likeness (QED) is 0.731. The van der Waals surface area contributed by atoms with Crippen LogP contribution in [0.4, 0.5) is 4.79 Å². The van der Waals surface area contributed by atoms with Crippen LogP contribution >= 0.6 is 0 Å². The molecule has 0 radical (unpaired) electrons. The van der Waals surface area contributed by atoms with Crippen LogP contribution < -0.4 is 5.32 Å². The summed E-state index contributed by atoms with van der Waals surface area (Å²) in [5.74, 6) is -1.18. The molecule has 118 valence electrons. The van der Waals surface area contributed by atoms with Crippen LogP contribution in [0.15, 0.2) is 0 Å². The first kappa shape index (κ1) is 15.6. The topological polar surface area (TPSA) is 99.2 Å². The first-order chi connectivity index (χ1) is 10.1. The zero-order valence-corrected chi connectivity index (χ0v) is 11.9. The summed E-state index contributed by atoms with van der Waals surface area (Å²) < 4.78 is 5.04. The molecular formula is C13H21N3O5. The number of rotatable bonds is 3. The van der Waals surface area contributed by atoms with Crippen molar-refractivity contribution in [2.24, 2.45) is 0 Å². The number of hydrogen-bond donors (Lipinski definition) is 2. The van der Waals surface area contributed by atoms with E-state index in [1.165, 1.54) is 4.90 Å². The van der Waals surface area contributed by atoms with Gasteiger partial charge in [-0.2, -0.15) is 0 Å². The highest BCUT2D eigenvalue weighted by Gasteiger charge is 2.29. The summed E-state index contributed by atoms with van der Waals surface area (Å²) >= 11 is 0. The van der Waals surface area contributed by atoms with Gasteiger partial charge in [-0.1, -0.05) is 0 Å². The third kappa shape index (κ3) is 4.32. The lowest BCUT2D eigenvalue weighted by Gasteiger charge is -2.31. The number of nitrogens with zero attached hydrogens (tertiary/aromatic N) is 2. The molecule has 2 rings (SSSR count). The molecular weight excluding hydrogens is 278 g/mol. The van der Waals surface area contributed by atoms with Crippen molar-refractivity contribution in [3.05, 3.63) is 0 Å². The number of carbonyl (C=O) groups is 3. The third-order valence-electron chi connectivity index (χ3n) is 3.73. The molecule has 2 heterocycles. The number of nitrogens with one attached hydrogen (secondary N) is 1. The van der Waals surface area contributed by atoms with Gasteiger partial charge >= 0.3 is 12.0 Å². The molecule has 0 aliphatic carbocycles. The summed E-state index contributed by atoms with van der Waals surface area (Å²) in [4.78, 5) is 37.9. The lowest BCUT2D eigenvalue weighted by Crippen LogP contribution is -2.53. The maximum atomic E-state index is 11.9. The number of carboxylic acid groups (broad SMARTS) is 1. The van der Waals surface area contributed by atoms with Gasteiger partial charge in [-0.15, -0.1) is 0 Å². The molecule has 1 unspecified atom stereocenters. The largest absolute Gasteiger partial charge is 0.479 e. The Morgan fingerprint density at radius 3 is 2.48 bits per heavy atom. The maximum absolute atomic E-state index is 11.9. The molecule has 2 aliphatic heterocycles. The number of carboxylic acids is 1. The fourth-order valence-electron chi connectivity index (χ4n) is 2.50. The molecule has 8 nitrogen and oxygen atoms in total. The number of morpholine rings is 1. The van der Waals surface area contributed by atoms with Crippen molar-refractivity contribution in [1.29, 1.82) is 0 Å². The monoisotopic (exact) mass is 299 g/mol. The summed E-state index contributed by atoms with van der Waals surface area (Å²) in [5.41, 5.74) is 0. The van der Waals surface area contributed by atoms with Gasteiger partial charge in [0.2, 0.25) is 5.91 Å². The Morgan fingerprint density at radius 1 is 1.10 bits per heavy atom. The fraction of sp³-hybridized carbons (Fsp3) is 0.769. The van der Waals surface area contributed by atoms with Gasteiger partial charge in [-0.05, 0) is 19.3 Å². The van der Waals surface area contributed by atoms with Gasteiger partial charge in [0.15, 0.2) is 6.10 Å². The molecule has 8 heteroatoms. The zero-order valence-electron chi connectivity index (χ0n) is 11.9. The first-order valence-corrected chi connectivity index (χ1v) is 7.23. The lowest BCUT2D eigenvalue weighted by atomic mass is 10.1. The predicted octanol–water partition coefficient (Wildman–Crippen LogP) is -0.506. The van der Waals surface area contributed by atoms with Crippen molar-refractivity contribution >= 4 is 17.9 Å². The first-order valence-electron chi connectivity index (χ1n) is 7.23. The number of ether oxygens (including phenoxy) is 1. The Bertz CT molecular complexity index is 409. The van der Waals surface area contributed by atoms with E-state index >= 15 is 0 Å². The van der Waals surface area contributed by atoms with Crippen molar-refractivity contribution in [2.75, 3.05) is 39.3 Å². The van der Waals surface area contributed by atoms with Gasteiger partial charge in [-0.3, -0.25) is 4.79 Å². The van der Waals surface area contributed by atoms with Crippen molar-refractivity contribution in [3.63, 3.8) is 0 Å². The molecule has 1 atom stereocenters. The summed E-state index contributed by atoms with van der Waals surface area (Å²) in [7, 11) is 0. The number of likely N-dealkylation sites (tertiary alicyclic amines) is 1. The van der Waals surface area contributed by atoms with E-state index in [-0.39, 0.29) is 25.6 Å². The van der Waals surface area contributed by atoms with Crippen LogP contribution in [0.3, 0.4) is 0 Å². The second-order valence-electron chi connectivity index (χ2n) is 5.24. The molecule has 3 amide bonds. The lowest BCUT2D eigenvalue weighted by molar-refractivity contribution is -0.154. The summed E-state index contributed by atoms with van der Waals surface area (Å²) in [6.45, 7) is 1.95. The minimum absolute atomic E-state index is 0.000921. The van der Waals surface area contributed by atoms with E-state index in [9.17, 15) is 14.4 Å². The van der Waals surface area contributed by atoms with E-state index in [4.69, 9.17) is 9.84 Å². The molecule has 0 bridgehead atoms. The molecule has 2 saturated heterocycles. The Morgan fingerprint density at radius 2 is 1.81 bits per heavy atom. The number of piperidine rings is 1. The summed E-state index contributed by atoms with van der Waals surface area (Å²) in [6, 6.07) is -0.421. The molecule has 2 N–H and O–H groups in total. The van der Waals surface area contributed by atoms with Crippen LogP contribution in [-0.2, 0) is 14.3 Å². The normalized spacial score (nSPS) is 22.8. The molecule has 0 aromatic heterocycles. The Kier molecular flexibility index (Phi) is 5.38. The number of hydrogen-bond acceptors (Lipinski definition) is 4. The number of aliphatic carboxylic acids is 1. The predicted molar refractivity (Wildman–Crippen MR) is 72.8 cm³/mol.